The molecule has 7 rings (SSSR count). The van der Waals surface area contributed by atoms with Gasteiger partial charge in [0.15, 0.2) is 5.69 Å². The van der Waals surface area contributed by atoms with Crippen molar-refractivity contribution in [1.29, 1.82) is 0 Å². The van der Waals surface area contributed by atoms with Gasteiger partial charge >= 0.3 is 0 Å². The number of benzene rings is 2. The van der Waals surface area contributed by atoms with Crippen LogP contribution in [0.5, 0.6) is 0 Å². The van der Waals surface area contributed by atoms with Crippen LogP contribution >= 0.6 is 0 Å². The zero-order valence-electron chi connectivity index (χ0n) is 11.5. The van der Waals surface area contributed by atoms with Gasteiger partial charge in [0.1, 0.15) is 0 Å². The Kier molecular flexibility index (Phi) is 1.21. The first-order valence-electron chi connectivity index (χ1n) is 7.77. The normalized spacial score (nSPS) is 16.0. The summed E-state index contributed by atoms with van der Waals surface area (Å²) in [7, 11) is 0. The molecule has 0 amide bonds. The van der Waals surface area contributed by atoms with Crippen molar-refractivity contribution in [2.24, 2.45) is 0 Å². The lowest BCUT2D eigenvalue weighted by Gasteiger charge is -2.02. The zero-order chi connectivity index (χ0) is 13.3. The van der Waals surface area contributed by atoms with Gasteiger partial charge in [-0.05, 0) is 29.2 Å². The molecule has 2 aromatic carbocycles. The van der Waals surface area contributed by atoms with Crippen LogP contribution < -0.4 is 4.40 Å². The van der Waals surface area contributed by atoms with E-state index in [0.717, 1.165) is 19.3 Å². The van der Waals surface area contributed by atoms with Gasteiger partial charge in [-0.25, -0.2) is 0 Å². The average Bonchev–Trinajstić information content (AvgIpc) is 3.14. The van der Waals surface area contributed by atoms with Gasteiger partial charge in [0.2, 0.25) is 11.0 Å². The predicted molar refractivity (Wildman–Crippen MR) is 83.0 cm³/mol. The lowest BCUT2D eigenvalue weighted by molar-refractivity contribution is -0.484. The summed E-state index contributed by atoms with van der Waals surface area (Å²) in [6.07, 6.45) is 3.32. The molecule has 1 heteroatoms. The number of hydrogen-bond acceptors (Lipinski definition) is 0. The highest BCUT2D eigenvalue weighted by Gasteiger charge is 2.37. The maximum absolute atomic E-state index is 2.58. The Morgan fingerprint density at radius 2 is 1.05 bits per heavy atom. The maximum atomic E-state index is 2.58. The van der Waals surface area contributed by atoms with E-state index in [1.807, 2.05) is 0 Å². The standard InChI is InChI=1S/C20H12N/c1-2-12-8-13-5-6-15-9-14-4-3-11-7-10(1)16-17(11)20(14)21(15)19(13)18(12)16/h1-6H,7-9H2/q+1. The second-order valence-corrected chi connectivity index (χ2v) is 6.81. The van der Waals surface area contributed by atoms with Crippen molar-refractivity contribution < 1.29 is 4.40 Å². The third-order valence-electron chi connectivity index (χ3n) is 5.86. The molecule has 1 nitrogen and oxygen atoms in total. The minimum Gasteiger partial charge on any atom is -0.156 e. The zero-order valence-corrected chi connectivity index (χ0v) is 11.5. The monoisotopic (exact) mass is 266 g/mol. The molecule has 3 aliphatic rings. The topological polar surface area (TPSA) is 4.10 Å². The van der Waals surface area contributed by atoms with Gasteiger partial charge in [-0.1, -0.05) is 24.3 Å². The summed E-state index contributed by atoms with van der Waals surface area (Å²) in [5, 5.41) is 4.67. The molecular formula is C20H12N+. The maximum Gasteiger partial charge on any atom is 0.223 e. The smallest absolute Gasteiger partial charge is 0.156 e. The number of aromatic nitrogens is 1. The highest BCUT2D eigenvalue weighted by Crippen LogP contribution is 2.45. The van der Waals surface area contributed by atoms with Crippen molar-refractivity contribution in [2.75, 3.05) is 0 Å². The number of rotatable bonds is 0. The van der Waals surface area contributed by atoms with E-state index in [0.29, 0.717) is 0 Å². The van der Waals surface area contributed by atoms with E-state index in [2.05, 4.69) is 40.8 Å². The van der Waals surface area contributed by atoms with Crippen molar-refractivity contribution in [3.63, 3.8) is 0 Å². The molecule has 0 bridgehead atoms. The lowest BCUT2D eigenvalue weighted by Crippen LogP contribution is -2.25. The molecule has 2 aromatic heterocycles. The molecule has 0 spiro atoms. The Morgan fingerprint density at radius 3 is 1.81 bits per heavy atom. The highest BCUT2D eigenvalue weighted by molar-refractivity contribution is 6.18. The van der Waals surface area contributed by atoms with E-state index in [4.69, 9.17) is 0 Å². The second-order valence-electron chi connectivity index (χ2n) is 6.81. The SMILES string of the molecule is c1cc2c3c4c1Cc1ccc5c(c14)[n+]1c(ccc(c31)C2)C5. The van der Waals surface area contributed by atoms with Crippen molar-refractivity contribution in [3.05, 3.63) is 69.9 Å². The Labute approximate surface area is 121 Å². The summed E-state index contributed by atoms with van der Waals surface area (Å²) in [6, 6.07) is 14.2. The Bertz CT molecular complexity index is 926. The largest absolute Gasteiger partial charge is 0.223 e. The van der Waals surface area contributed by atoms with Crippen LogP contribution in [0.4, 0.5) is 0 Å². The lowest BCUT2D eigenvalue weighted by atomic mass is 10.0. The van der Waals surface area contributed by atoms with Gasteiger partial charge < -0.3 is 0 Å². The van der Waals surface area contributed by atoms with E-state index in [9.17, 15) is 0 Å². The van der Waals surface area contributed by atoms with Gasteiger partial charge in [0.25, 0.3) is 0 Å². The van der Waals surface area contributed by atoms with E-state index in [1.165, 1.54) is 44.5 Å². The summed E-state index contributed by atoms with van der Waals surface area (Å²) >= 11 is 0. The van der Waals surface area contributed by atoms with E-state index in [-0.39, 0.29) is 0 Å². The Morgan fingerprint density at radius 1 is 0.524 bits per heavy atom. The predicted octanol–water partition coefficient (Wildman–Crippen LogP) is 3.44. The number of hydrogen-bond donors (Lipinski definition) is 0. The van der Waals surface area contributed by atoms with E-state index < -0.39 is 0 Å². The van der Waals surface area contributed by atoms with Crippen LogP contribution in [0.25, 0.3) is 27.2 Å². The quantitative estimate of drug-likeness (QED) is 0.292. The Balaban J connectivity index is 2.04. The first-order chi connectivity index (χ1) is 10.4. The van der Waals surface area contributed by atoms with Crippen molar-refractivity contribution in [1.82, 2.24) is 0 Å². The molecule has 0 radical (unpaired) electrons. The van der Waals surface area contributed by atoms with Gasteiger partial charge in [-0.2, -0.15) is 4.40 Å². The molecule has 4 aromatic rings. The second kappa shape index (κ2) is 2.67. The first kappa shape index (κ1) is 9.51. The van der Waals surface area contributed by atoms with Crippen LogP contribution in [0.15, 0.2) is 36.4 Å². The molecule has 0 atom stereocenters. The first-order valence-corrected chi connectivity index (χ1v) is 7.77. The van der Waals surface area contributed by atoms with Crippen molar-refractivity contribution in [2.45, 2.75) is 19.3 Å². The third-order valence-corrected chi connectivity index (χ3v) is 5.86. The fourth-order valence-electron chi connectivity index (χ4n) is 5.09. The Hall–Kier alpha value is -2.41. The van der Waals surface area contributed by atoms with Crippen LogP contribution in [-0.2, 0) is 19.3 Å². The van der Waals surface area contributed by atoms with Gasteiger partial charge in [0.05, 0.1) is 17.2 Å². The average molecular weight is 266 g/mol. The van der Waals surface area contributed by atoms with Crippen molar-refractivity contribution in [3.8, 4) is 0 Å². The molecule has 0 saturated carbocycles. The van der Waals surface area contributed by atoms with Gasteiger partial charge in [-0.15, -0.1) is 0 Å². The fraction of sp³-hybridized carbons (Fsp3) is 0.150. The summed E-state index contributed by atoms with van der Waals surface area (Å²) < 4.78 is 2.58. The molecule has 3 heterocycles. The molecular weight excluding hydrogens is 254 g/mol. The van der Waals surface area contributed by atoms with E-state index in [1.54, 1.807) is 16.2 Å². The minimum absolute atomic E-state index is 1.09. The van der Waals surface area contributed by atoms with Crippen LogP contribution in [0.3, 0.4) is 0 Å². The highest BCUT2D eigenvalue weighted by atomic mass is 14.9. The van der Waals surface area contributed by atoms with Crippen LogP contribution in [0.2, 0.25) is 0 Å². The van der Waals surface area contributed by atoms with E-state index >= 15 is 0 Å². The molecule has 0 unspecified atom stereocenters. The summed E-state index contributed by atoms with van der Waals surface area (Å²) in [6.45, 7) is 0. The van der Waals surface area contributed by atoms with Gasteiger partial charge in [-0.3, -0.25) is 0 Å². The van der Waals surface area contributed by atoms with Gasteiger partial charge in [0, 0.05) is 29.0 Å². The summed E-state index contributed by atoms with van der Waals surface area (Å²) in [4.78, 5) is 0. The molecule has 0 fully saturated rings. The summed E-state index contributed by atoms with van der Waals surface area (Å²) in [5.41, 5.74) is 12.1. The number of nitrogens with zero attached hydrogens (tertiary/aromatic N) is 1. The molecule has 2 aliphatic carbocycles. The van der Waals surface area contributed by atoms with Crippen LogP contribution in [0.1, 0.15) is 33.5 Å². The molecule has 0 saturated heterocycles. The van der Waals surface area contributed by atoms with Crippen LogP contribution in [0, 0.1) is 0 Å². The molecule has 0 N–H and O–H groups in total. The van der Waals surface area contributed by atoms with Crippen molar-refractivity contribution >= 4 is 27.2 Å². The third kappa shape index (κ3) is 0.811. The number of pyridine rings is 2. The molecule has 1 aliphatic heterocycles. The summed E-state index contributed by atoms with van der Waals surface area (Å²) in [5.74, 6) is 0. The fourth-order valence-corrected chi connectivity index (χ4v) is 5.09. The minimum atomic E-state index is 1.09. The van der Waals surface area contributed by atoms with Crippen LogP contribution in [-0.4, -0.2) is 0 Å². The molecule has 21 heavy (non-hydrogen) atoms. The molecule has 96 valence electrons.